The van der Waals surface area contributed by atoms with Crippen LogP contribution in [0.3, 0.4) is 0 Å². The summed E-state index contributed by atoms with van der Waals surface area (Å²) in [6.45, 7) is 0. The van der Waals surface area contributed by atoms with Crippen molar-refractivity contribution >= 4 is 23.0 Å². The molecule has 0 aromatic carbocycles. The maximum Gasteiger partial charge on any atom is 0.303 e. The Bertz CT molecular complexity index is 877. The second-order valence-electron chi connectivity index (χ2n) is 6.26. The highest BCUT2D eigenvalue weighted by atomic mass is 16.4. The summed E-state index contributed by atoms with van der Waals surface area (Å²) in [5.74, 6) is -1.38. The van der Waals surface area contributed by atoms with Crippen LogP contribution in [0.25, 0.3) is 11.2 Å². The Balaban J connectivity index is 1.71. The van der Waals surface area contributed by atoms with Crippen molar-refractivity contribution < 1.29 is 24.9 Å². The van der Waals surface area contributed by atoms with Gasteiger partial charge in [0.1, 0.15) is 12.2 Å². The van der Waals surface area contributed by atoms with Gasteiger partial charge < -0.3 is 30.2 Å². The lowest BCUT2D eigenvalue weighted by Gasteiger charge is -2.18. The van der Waals surface area contributed by atoms with Crippen LogP contribution in [0.2, 0.25) is 0 Å². The molecule has 3 rings (SSSR count). The first-order valence-electron chi connectivity index (χ1n) is 8.16. The van der Waals surface area contributed by atoms with E-state index in [0.717, 1.165) is 0 Å². The Morgan fingerprint density at radius 3 is 2.77 bits per heavy atom. The average Bonchev–Trinajstić information content (AvgIpc) is 3.12. The quantitative estimate of drug-likeness (QED) is 0.413. The van der Waals surface area contributed by atoms with Crippen LogP contribution < -0.4 is 10.9 Å². The van der Waals surface area contributed by atoms with Crippen molar-refractivity contribution in [1.82, 2.24) is 24.8 Å². The summed E-state index contributed by atoms with van der Waals surface area (Å²) in [6.07, 6.45) is 0.504. The minimum atomic E-state index is -1.21. The molecular weight excluding hydrogens is 346 g/mol. The van der Waals surface area contributed by atoms with E-state index < -0.39 is 41.7 Å². The van der Waals surface area contributed by atoms with E-state index >= 15 is 0 Å². The molecule has 11 heteroatoms. The molecule has 2 heterocycles. The molecular formula is C15H19N5O6. The maximum atomic E-state index is 11.9. The number of amides is 1. The molecule has 1 fully saturated rings. The third kappa shape index (κ3) is 3.44. The second-order valence-corrected chi connectivity index (χ2v) is 6.26. The fourth-order valence-corrected chi connectivity index (χ4v) is 3.21. The van der Waals surface area contributed by atoms with Crippen molar-refractivity contribution in [3.63, 3.8) is 0 Å². The summed E-state index contributed by atoms with van der Waals surface area (Å²) in [7, 11) is 0. The third-order valence-electron chi connectivity index (χ3n) is 4.52. The van der Waals surface area contributed by atoms with Crippen LogP contribution in [0.4, 0.5) is 0 Å². The van der Waals surface area contributed by atoms with Gasteiger partial charge in [-0.2, -0.15) is 0 Å². The van der Waals surface area contributed by atoms with Crippen LogP contribution in [-0.2, 0) is 9.59 Å². The van der Waals surface area contributed by atoms with Crippen LogP contribution in [0.5, 0.6) is 0 Å². The van der Waals surface area contributed by atoms with E-state index in [0.29, 0.717) is 0 Å². The number of carbonyl (C=O) groups excluding carboxylic acids is 1. The monoisotopic (exact) mass is 365 g/mol. The van der Waals surface area contributed by atoms with E-state index in [2.05, 4.69) is 20.3 Å². The lowest BCUT2D eigenvalue weighted by Crippen LogP contribution is -2.43. The van der Waals surface area contributed by atoms with Crippen molar-refractivity contribution in [3.05, 3.63) is 23.0 Å². The number of aliphatic hydroxyl groups is 2. The Kier molecular flexibility index (Phi) is 5.00. The fraction of sp³-hybridized carbons (Fsp3) is 0.533. The lowest BCUT2D eigenvalue weighted by atomic mass is 10.1. The Morgan fingerprint density at radius 2 is 2.04 bits per heavy atom. The molecule has 1 amide bonds. The normalized spacial score (nSPS) is 25.5. The third-order valence-corrected chi connectivity index (χ3v) is 4.52. The van der Waals surface area contributed by atoms with Crippen molar-refractivity contribution in [2.75, 3.05) is 0 Å². The number of fused-ring (bicyclic) bond motifs is 1. The smallest absolute Gasteiger partial charge is 0.303 e. The molecule has 5 N–H and O–H groups in total. The van der Waals surface area contributed by atoms with Crippen molar-refractivity contribution in [2.24, 2.45) is 0 Å². The zero-order valence-corrected chi connectivity index (χ0v) is 13.7. The van der Waals surface area contributed by atoms with Crippen molar-refractivity contribution in [2.45, 2.75) is 50.0 Å². The van der Waals surface area contributed by atoms with E-state index in [1.165, 1.54) is 17.2 Å². The van der Waals surface area contributed by atoms with E-state index in [9.17, 15) is 24.6 Å². The van der Waals surface area contributed by atoms with Crippen molar-refractivity contribution in [1.29, 1.82) is 0 Å². The van der Waals surface area contributed by atoms with Gasteiger partial charge in [-0.25, -0.2) is 9.97 Å². The molecule has 2 aromatic rings. The number of aromatic amines is 1. The number of aromatic nitrogens is 4. The van der Waals surface area contributed by atoms with Gasteiger partial charge >= 0.3 is 5.97 Å². The van der Waals surface area contributed by atoms with Gasteiger partial charge in [-0.05, 0) is 12.8 Å². The molecule has 0 radical (unpaired) electrons. The number of aliphatic hydroxyl groups excluding tert-OH is 2. The Hall–Kier alpha value is -2.79. The number of aliphatic carboxylic acids is 1. The standard InChI is InChI=1S/C15H19N5O6/c21-9(2-1-3-10(22)23)19-7-4-8(13(25)12(7)24)20-6-18-11-14(20)16-5-17-15(11)26/h5-8,12-13,24-25H,1-4H2,(H,19,21)(H,22,23)(H,16,17,26)/t7-,8+,12-,13+/m1/s1. The molecule has 1 aliphatic carbocycles. The van der Waals surface area contributed by atoms with Crippen LogP contribution in [0, 0.1) is 0 Å². The number of hydrogen-bond donors (Lipinski definition) is 5. The molecule has 26 heavy (non-hydrogen) atoms. The molecule has 2 aromatic heterocycles. The maximum absolute atomic E-state index is 11.9. The van der Waals surface area contributed by atoms with E-state index in [4.69, 9.17) is 5.11 Å². The number of rotatable bonds is 6. The van der Waals surface area contributed by atoms with E-state index in [-0.39, 0.29) is 36.8 Å². The zero-order valence-electron chi connectivity index (χ0n) is 13.7. The number of H-pyrrole nitrogens is 1. The van der Waals surface area contributed by atoms with Gasteiger partial charge in [0, 0.05) is 12.8 Å². The minimum absolute atomic E-state index is 0.0151. The van der Waals surface area contributed by atoms with Gasteiger partial charge in [0.15, 0.2) is 11.2 Å². The summed E-state index contributed by atoms with van der Waals surface area (Å²) < 4.78 is 1.51. The molecule has 0 spiro atoms. The van der Waals surface area contributed by atoms with Gasteiger partial charge in [0.2, 0.25) is 5.91 Å². The first kappa shape index (κ1) is 18.0. The van der Waals surface area contributed by atoms with Crippen molar-refractivity contribution in [3.8, 4) is 0 Å². The van der Waals surface area contributed by atoms with Crippen LogP contribution in [-0.4, -0.2) is 65.0 Å². The molecule has 140 valence electrons. The highest BCUT2D eigenvalue weighted by Gasteiger charge is 2.43. The highest BCUT2D eigenvalue weighted by molar-refractivity contribution is 5.77. The van der Waals surface area contributed by atoms with Gasteiger partial charge in [0.25, 0.3) is 5.56 Å². The minimum Gasteiger partial charge on any atom is -0.481 e. The Labute approximate surface area is 146 Å². The number of carboxylic acids is 1. The summed E-state index contributed by atoms with van der Waals surface area (Å²) >= 11 is 0. The van der Waals surface area contributed by atoms with Gasteiger partial charge in [-0.3, -0.25) is 14.4 Å². The van der Waals surface area contributed by atoms with E-state index in [1.807, 2.05) is 0 Å². The highest BCUT2D eigenvalue weighted by Crippen LogP contribution is 2.32. The van der Waals surface area contributed by atoms with Gasteiger partial charge in [0.05, 0.1) is 24.7 Å². The number of nitrogens with zero attached hydrogens (tertiary/aromatic N) is 3. The number of hydrogen-bond acceptors (Lipinski definition) is 7. The van der Waals surface area contributed by atoms with E-state index in [1.54, 1.807) is 0 Å². The summed E-state index contributed by atoms with van der Waals surface area (Å²) in [4.78, 5) is 44.6. The molecule has 1 aliphatic rings. The number of carboxylic acid groups (broad SMARTS) is 1. The number of imidazole rings is 1. The predicted molar refractivity (Wildman–Crippen MR) is 87.2 cm³/mol. The molecule has 0 bridgehead atoms. The molecule has 0 aliphatic heterocycles. The summed E-state index contributed by atoms with van der Waals surface area (Å²) in [6, 6.07) is -1.32. The molecule has 11 nitrogen and oxygen atoms in total. The number of nitrogens with one attached hydrogen (secondary N) is 2. The lowest BCUT2D eigenvalue weighted by molar-refractivity contribution is -0.137. The topological polar surface area (TPSA) is 170 Å². The average molecular weight is 365 g/mol. The van der Waals surface area contributed by atoms with Gasteiger partial charge in [-0.1, -0.05) is 0 Å². The summed E-state index contributed by atoms with van der Waals surface area (Å²) in [5, 5.41) is 31.8. The number of carbonyl (C=O) groups is 2. The van der Waals surface area contributed by atoms with Crippen LogP contribution in [0.1, 0.15) is 31.7 Å². The fourth-order valence-electron chi connectivity index (χ4n) is 3.21. The zero-order chi connectivity index (χ0) is 18.8. The molecule has 0 saturated heterocycles. The molecule has 0 unspecified atom stereocenters. The second kappa shape index (κ2) is 7.22. The van der Waals surface area contributed by atoms with Crippen LogP contribution >= 0.6 is 0 Å². The first-order chi connectivity index (χ1) is 12.4. The molecule has 4 atom stereocenters. The predicted octanol–water partition coefficient (Wildman–Crippen LogP) is -1.47. The SMILES string of the molecule is O=C(O)CCCC(=O)N[C@@H]1C[C@H](n2cnc3c(=O)[nH]cnc32)[C@H](O)[C@@H]1O. The first-order valence-corrected chi connectivity index (χ1v) is 8.16. The summed E-state index contributed by atoms with van der Waals surface area (Å²) in [5.41, 5.74) is -0.0150. The van der Waals surface area contributed by atoms with Gasteiger partial charge in [-0.15, -0.1) is 0 Å². The Morgan fingerprint density at radius 1 is 1.27 bits per heavy atom. The van der Waals surface area contributed by atoms with Crippen LogP contribution in [0.15, 0.2) is 17.4 Å². The molecule has 1 saturated carbocycles. The largest absolute Gasteiger partial charge is 0.481 e.